The van der Waals surface area contributed by atoms with Gasteiger partial charge < -0.3 is 10.6 Å². The molecule has 1 aromatic heterocycles. The van der Waals surface area contributed by atoms with Crippen molar-refractivity contribution in [3.8, 4) is 0 Å². The van der Waals surface area contributed by atoms with E-state index >= 15 is 0 Å². The maximum atomic E-state index is 4.86. The predicted molar refractivity (Wildman–Crippen MR) is 125 cm³/mol. The van der Waals surface area contributed by atoms with Gasteiger partial charge in [-0.05, 0) is 56.1 Å². The molecule has 0 spiro atoms. The summed E-state index contributed by atoms with van der Waals surface area (Å²) in [6.07, 6.45) is 2.19. The predicted octanol–water partition coefficient (Wildman–Crippen LogP) is 4.06. The second-order valence-corrected chi connectivity index (χ2v) is 8.69. The second-order valence-electron chi connectivity index (χ2n) is 7.40. The number of aliphatic imine (C=N–C) groups is 1. The minimum Gasteiger partial charge on any atom is -0.357 e. The fourth-order valence-electron chi connectivity index (χ4n) is 4.21. The van der Waals surface area contributed by atoms with Gasteiger partial charge in [0, 0.05) is 30.9 Å². The molecule has 2 aromatic rings. The quantitative estimate of drug-likeness (QED) is 0.360. The summed E-state index contributed by atoms with van der Waals surface area (Å²) in [7, 11) is 0. The summed E-state index contributed by atoms with van der Waals surface area (Å²) < 4.78 is 0. The molecule has 0 aliphatic heterocycles. The van der Waals surface area contributed by atoms with Gasteiger partial charge in [-0.3, -0.25) is 4.99 Å². The molecule has 3 unspecified atom stereocenters. The molecule has 2 N–H and O–H groups in total. The van der Waals surface area contributed by atoms with E-state index in [1.807, 2.05) is 0 Å². The Kier molecular flexibility index (Phi) is 6.78. The molecular weight excluding hydrogens is 467 g/mol. The molecule has 0 bridgehead atoms. The van der Waals surface area contributed by atoms with E-state index in [-0.39, 0.29) is 24.0 Å². The Labute approximate surface area is 183 Å². The summed E-state index contributed by atoms with van der Waals surface area (Å²) in [6.45, 7) is 9.03. The largest absolute Gasteiger partial charge is 0.357 e. The van der Waals surface area contributed by atoms with E-state index in [9.17, 15) is 0 Å². The third-order valence-corrected chi connectivity index (χ3v) is 6.84. The second kappa shape index (κ2) is 8.90. The fourth-order valence-corrected chi connectivity index (χ4v) is 5.14. The standard InChI is InChI=1S/C21H28N4S.HI/c1-4-22-21(23-10-9-19-25-13(2)14(3)26-19)24-12-18-17-11-15-7-5-6-8-16(15)20(17)18;/h5-8,17-18,20H,4,9-12H2,1-3H3,(H2,22,23,24);1H. The first-order valence-corrected chi connectivity index (χ1v) is 10.5. The van der Waals surface area contributed by atoms with Gasteiger partial charge in [0.15, 0.2) is 5.96 Å². The van der Waals surface area contributed by atoms with Crippen LogP contribution in [0.4, 0.5) is 0 Å². The normalized spacial score (nSPS) is 22.6. The number of hydrogen-bond donors (Lipinski definition) is 2. The van der Waals surface area contributed by atoms with Crippen LogP contribution in [0.2, 0.25) is 0 Å². The Hall–Kier alpha value is -1.15. The van der Waals surface area contributed by atoms with E-state index in [2.05, 4.69) is 60.7 Å². The number of aromatic nitrogens is 1. The minimum absolute atomic E-state index is 0. The highest BCUT2D eigenvalue weighted by Crippen LogP contribution is 2.61. The van der Waals surface area contributed by atoms with E-state index in [1.165, 1.54) is 16.3 Å². The lowest BCUT2D eigenvalue weighted by Crippen LogP contribution is -2.38. The van der Waals surface area contributed by atoms with Crippen molar-refractivity contribution < 1.29 is 0 Å². The van der Waals surface area contributed by atoms with Crippen LogP contribution in [0.15, 0.2) is 29.3 Å². The number of aryl methyl sites for hydroxylation is 2. The number of thiazole rings is 1. The Balaban J connectivity index is 0.00000210. The van der Waals surface area contributed by atoms with Gasteiger partial charge >= 0.3 is 0 Å². The van der Waals surface area contributed by atoms with Crippen LogP contribution in [-0.4, -0.2) is 30.6 Å². The number of rotatable bonds is 6. The number of fused-ring (bicyclic) bond motifs is 3. The first-order valence-electron chi connectivity index (χ1n) is 9.70. The van der Waals surface area contributed by atoms with Crippen LogP contribution in [0.25, 0.3) is 0 Å². The maximum absolute atomic E-state index is 4.86. The lowest BCUT2D eigenvalue weighted by molar-refractivity contribution is 0.691. The molecule has 27 heavy (non-hydrogen) atoms. The third-order valence-electron chi connectivity index (χ3n) is 5.71. The van der Waals surface area contributed by atoms with Crippen molar-refractivity contribution in [2.24, 2.45) is 16.8 Å². The third kappa shape index (κ3) is 4.47. The number of guanidine groups is 1. The van der Waals surface area contributed by atoms with Crippen molar-refractivity contribution in [3.05, 3.63) is 51.0 Å². The van der Waals surface area contributed by atoms with Crippen LogP contribution < -0.4 is 10.6 Å². The summed E-state index contributed by atoms with van der Waals surface area (Å²) >= 11 is 1.80. The number of benzene rings is 1. The molecule has 2 aliphatic carbocycles. The summed E-state index contributed by atoms with van der Waals surface area (Å²) in [6, 6.07) is 8.93. The molecule has 2 aliphatic rings. The first-order chi connectivity index (χ1) is 12.7. The highest BCUT2D eigenvalue weighted by molar-refractivity contribution is 14.0. The smallest absolute Gasteiger partial charge is 0.191 e. The van der Waals surface area contributed by atoms with Gasteiger partial charge in [0.2, 0.25) is 0 Å². The van der Waals surface area contributed by atoms with E-state index in [1.54, 1.807) is 22.5 Å². The average Bonchev–Trinajstić information content (AvgIpc) is 2.99. The monoisotopic (exact) mass is 496 g/mol. The molecule has 4 nitrogen and oxygen atoms in total. The topological polar surface area (TPSA) is 49.3 Å². The Morgan fingerprint density at radius 2 is 2.07 bits per heavy atom. The van der Waals surface area contributed by atoms with Gasteiger partial charge in [-0.1, -0.05) is 24.3 Å². The SMILES string of the molecule is CCNC(=NCC1C2Cc3ccccc3C12)NCCc1nc(C)c(C)s1.I. The van der Waals surface area contributed by atoms with E-state index in [0.717, 1.165) is 55.5 Å². The lowest BCUT2D eigenvalue weighted by Gasteiger charge is -2.11. The zero-order chi connectivity index (χ0) is 18.1. The van der Waals surface area contributed by atoms with Crippen LogP contribution in [0.1, 0.15) is 39.5 Å². The average molecular weight is 496 g/mol. The van der Waals surface area contributed by atoms with Crippen molar-refractivity contribution in [3.63, 3.8) is 0 Å². The van der Waals surface area contributed by atoms with Gasteiger partial charge in [-0.2, -0.15) is 0 Å². The van der Waals surface area contributed by atoms with Gasteiger partial charge in [0.05, 0.1) is 10.7 Å². The molecule has 0 radical (unpaired) electrons. The highest BCUT2D eigenvalue weighted by atomic mass is 127. The van der Waals surface area contributed by atoms with Gasteiger partial charge in [0.25, 0.3) is 0 Å². The Morgan fingerprint density at radius 3 is 2.81 bits per heavy atom. The van der Waals surface area contributed by atoms with Crippen molar-refractivity contribution in [2.45, 2.75) is 39.5 Å². The van der Waals surface area contributed by atoms with E-state index < -0.39 is 0 Å². The van der Waals surface area contributed by atoms with Crippen molar-refractivity contribution in [2.75, 3.05) is 19.6 Å². The van der Waals surface area contributed by atoms with Gasteiger partial charge in [0.1, 0.15) is 0 Å². The van der Waals surface area contributed by atoms with E-state index in [0.29, 0.717) is 0 Å². The zero-order valence-electron chi connectivity index (χ0n) is 16.3. The Bertz CT molecular complexity index is 797. The highest BCUT2D eigenvalue weighted by Gasteiger charge is 2.54. The van der Waals surface area contributed by atoms with Crippen molar-refractivity contribution in [1.82, 2.24) is 15.6 Å². The maximum Gasteiger partial charge on any atom is 0.191 e. The van der Waals surface area contributed by atoms with Crippen LogP contribution in [-0.2, 0) is 12.8 Å². The molecule has 1 heterocycles. The van der Waals surface area contributed by atoms with Crippen molar-refractivity contribution >= 4 is 41.3 Å². The number of halogens is 1. The fraction of sp³-hybridized carbons (Fsp3) is 0.524. The molecule has 0 amide bonds. The van der Waals surface area contributed by atoms with Crippen molar-refractivity contribution in [1.29, 1.82) is 0 Å². The van der Waals surface area contributed by atoms with E-state index in [4.69, 9.17) is 4.99 Å². The number of nitrogens with one attached hydrogen (secondary N) is 2. The molecular formula is C21H29IN4S. The molecule has 146 valence electrons. The molecule has 4 rings (SSSR count). The summed E-state index contributed by atoms with van der Waals surface area (Å²) in [5.41, 5.74) is 4.29. The van der Waals surface area contributed by atoms with Gasteiger partial charge in [-0.25, -0.2) is 4.98 Å². The first kappa shape index (κ1) is 20.6. The molecule has 1 saturated carbocycles. The molecule has 6 heteroatoms. The molecule has 1 aromatic carbocycles. The zero-order valence-corrected chi connectivity index (χ0v) is 19.4. The van der Waals surface area contributed by atoms with Gasteiger partial charge in [-0.15, -0.1) is 35.3 Å². The molecule has 1 fully saturated rings. The van der Waals surface area contributed by atoms with Crippen LogP contribution >= 0.6 is 35.3 Å². The minimum atomic E-state index is 0. The summed E-state index contributed by atoms with van der Waals surface area (Å²) in [5.74, 6) is 3.24. The number of hydrogen-bond acceptors (Lipinski definition) is 3. The van der Waals surface area contributed by atoms with Crippen LogP contribution in [0.5, 0.6) is 0 Å². The Morgan fingerprint density at radius 1 is 1.26 bits per heavy atom. The van der Waals surface area contributed by atoms with Crippen LogP contribution in [0, 0.1) is 25.7 Å². The molecule has 0 saturated heterocycles. The summed E-state index contributed by atoms with van der Waals surface area (Å²) in [5, 5.41) is 8.05. The van der Waals surface area contributed by atoms with Crippen LogP contribution in [0.3, 0.4) is 0 Å². The lowest BCUT2D eigenvalue weighted by atomic mass is 10.0. The number of nitrogens with zero attached hydrogens (tertiary/aromatic N) is 2. The molecule has 3 atom stereocenters. The summed E-state index contributed by atoms with van der Waals surface area (Å²) in [4.78, 5) is 10.8.